The molecule has 0 saturated heterocycles. The van der Waals surface area contributed by atoms with Gasteiger partial charge in [0.1, 0.15) is 0 Å². The van der Waals surface area contributed by atoms with Gasteiger partial charge in [-0.2, -0.15) is 0 Å². The second kappa shape index (κ2) is 13.5. The van der Waals surface area contributed by atoms with Crippen LogP contribution in [0.2, 0.25) is 0 Å². The molecule has 0 aliphatic carbocycles. The Hall–Kier alpha value is -2.44. The van der Waals surface area contributed by atoms with Crippen LogP contribution >= 0.6 is 0 Å². The molecule has 2 aliphatic rings. The van der Waals surface area contributed by atoms with Crippen molar-refractivity contribution < 1.29 is 24.1 Å². The van der Waals surface area contributed by atoms with Crippen LogP contribution in [0.5, 0.6) is 5.75 Å². The minimum atomic E-state index is -0.850. The fourth-order valence-corrected chi connectivity index (χ4v) is 6.50. The van der Waals surface area contributed by atoms with Crippen molar-refractivity contribution in [3.8, 4) is 16.9 Å². The molecule has 0 spiro atoms. The number of carboxylic acids is 1. The lowest BCUT2D eigenvalue weighted by Crippen LogP contribution is -2.36. The summed E-state index contributed by atoms with van der Waals surface area (Å²) >= 11 is 0. The molecule has 2 N–H and O–H groups in total. The third-order valence-corrected chi connectivity index (χ3v) is 8.34. The molecule has 0 fully saturated rings. The van der Waals surface area contributed by atoms with E-state index in [1.807, 2.05) is 6.92 Å². The predicted octanol–water partition coefficient (Wildman–Crippen LogP) is 7.13. The summed E-state index contributed by atoms with van der Waals surface area (Å²) in [4.78, 5) is 14.6. The van der Waals surface area contributed by atoms with Gasteiger partial charge < -0.3 is 14.9 Å². The number of aliphatic carboxylic acids is 1. The van der Waals surface area contributed by atoms with Gasteiger partial charge in [-0.1, -0.05) is 20.3 Å². The molecular weight excluding hydrogens is 505 g/mol. The largest absolute Gasteiger partial charge is 0.490 e. The molecule has 0 amide bonds. The van der Waals surface area contributed by atoms with Crippen molar-refractivity contribution in [1.29, 1.82) is 0 Å². The van der Waals surface area contributed by atoms with Crippen molar-refractivity contribution in [2.24, 2.45) is 0 Å². The van der Waals surface area contributed by atoms with Gasteiger partial charge in [0.25, 0.3) is 0 Å². The van der Waals surface area contributed by atoms with Gasteiger partial charge in [0.15, 0.2) is 11.6 Å². The third kappa shape index (κ3) is 7.44. The van der Waals surface area contributed by atoms with E-state index in [4.69, 9.17) is 9.84 Å². The molecule has 0 saturated carbocycles. The number of carbonyl (C=O) groups is 1. The summed E-state index contributed by atoms with van der Waals surface area (Å²) in [6, 6.07) is 2.17. The third-order valence-electron chi connectivity index (χ3n) is 8.34. The van der Waals surface area contributed by atoms with Crippen LogP contribution < -0.4 is 4.74 Å². The SMILES string of the molecule is CC(C)(C)O.CCCC(CC)N1CCc2c(C)c(CC(=O)O)c(-c3cc(F)c4c(c3C)CCCO4)c(C)c2CC1. The van der Waals surface area contributed by atoms with Crippen LogP contribution in [0.4, 0.5) is 4.39 Å². The number of nitrogens with zero attached hydrogens (tertiary/aromatic N) is 1. The molecule has 2 aromatic rings. The summed E-state index contributed by atoms with van der Waals surface area (Å²) in [6.07, 6.45) is 7.00. The number of ether oxygens (including phenoxy) is 1. The van der Waals surface area contributed by atoms with E-state index in [9.17, 15) is 9.90 Å². The summed E-state index contributed by atoms with van der Waals surface area (Å²) in [5, 5.41) is 18.4. The molecule has 0 bridgehead atoms. The Bertz CT molecular complexity index is 1210. The Morgan fingerprint density at radius 3 is 2.17 bits per heavy atom. The quantitative estimate of drug-likeness (QED) is 0.380. The zero-order chi connectivity index (χ0) is 29.8. The van der Waals surface area contributed by atoms with Crippen LogP contribution in [-0.4, -0.2) is 52.4 Å². The van der Waals surface area contributed by atoms with Crippen molar-refractivity contribution in [3.05, 3.63) is 50.8 Å². The van der Waals surface area contributed by atoms with Crippen molar-refractivity contribution in [3.63, 3.8) is 0 Å². The molecule has 4 rings (SSSR count). The monoisotopic (exact) mass is 555 g/mol. The zero-order valence-corrected chi connectivity index (χ0v) is 26.0. The Kier molecular flexibility index (Phi) is 10.8. The minimum Gasteiger partial charge on any atom is -0.490 e. The second-order valence-electron chi connectivity index (χ2n) is 12.5. The highest BCUT2D eigenvalue weighted by atomic mass is 19.1. The number of fused-ring (bicyclic) bond motifs is 2. The first-order chi connectivity index (χ1) is 18.8. The average molecular weight is 556 g/mol. The highest BCUT2D eigenvalue weighted by Crippen LogP contribution is 2.43. The van der Waals surface area contributed by atoms with Crippen molar-refractivity contribution in [2.75, 3.05) is 19.7 Å². The first kappa shape index (κ1) is 32.1. The number of hydrogen-bond donors (Lipinski definition) is 2. The van der Waals surface area contributed by atoms with Gasteiger partial charge in [0.2, 0.25) is 0 Å². The van der Waals surface area contributed by atoms with Crippen molar-refractivity contribution in [1.82, 2.24) is 4.90 Å². The van der Waals surface area contributed by atoms with E-state index in [-0.39, 0.29) is 12.2 Å². The maximum Gasteiger partial charge on any atom is 0.307 e. The Morgan fingerprint density at radius 2 is 1.62 bits per heavy atom. The smallest absolute Gasteiger partial charge is 0.307 e. The van der Waals surface area contributed by atoms with Gasteiger partial charge in [-0.15, -0.1) is 0 Å². The van der Waals surface area contributed by atoms with Crippen LogP contribution in [0.15, 0.2) is 6.07 Å². The highest BCUT2D eigenvalue weighted by Gasteiger charge is 2.29. The lowest BCUT2D eigenvalue weighted by Gasteiger charge is -2.29. The van der Waals surface area contributed by atoms with Gasteiger partial charge in [-0.3, -0.25) is 9.69 Å². The Labute approximate surface area is 240 Å². The molecule has 1 atom stereocenters. The number of halogens is 1. The van der Waals surface area contributed by atoms with E-state index >= 15 is 4.39 Å². The predicted molar refractivity (Wildman–Crippen MR) is 161 cm³/mol. The van der Waals surface area contributed by atoms with Gasteiger partial charge in [-0.25, -0.2) is 4.39 Å². The normalized spacial score (nSPS) is 16.1. The molecular formula is C34H50FNO4. The molecule has 40 heavy (non-hydrogen) atoms. The molecule has 2 aliphatic heterocycles. The summed E-state index contributed by atoms with van der Waals surface area (Å²) in [7, 11) is 0. The standard InChI is InChI=1S/C30H40FNO3.C4H10O/c1-6-9-21(7-2)32-13-11-22-18(3)26(17-28(33)34)29(20(5)23(22)12-14-32)25-16-27(31)30-24(19(25)4)10-8-15-35-30;1-4(2,3)5/h16,21H,6-15,17H2,1-5H3,(H,33,34);5H,1-3H3. The second-order valence-corrected chi connectivity index (χ2v) is 12.5. The van der Waals surface area contributed by atoms with E-state index in [1.54, 1.807) is 26.8 Å². The molecule has 2 heterocycles. The summed E-state index contributed by atoms with van der Waals surface area (Å²) in [5.74, 6) is -0.818. The number of aliphatic hydroxyl groups is 1. The van der Waals surface area contributed by atoms with Crippen LogP contribution in [0.25, 0.3) is 11.1 Å². The molecule has 222 valence electrons. The van der Waals surface area contributed by atoms with Crippen LogP contribution in [0, 0.1) is 26.6 Å². The molecule has 0 radical (unpaired) electrons. The van der Waals surface area contributed by atoms with Crippen LogP contribution in [-0.2, 0) is 30.5 Å². The fraction of sp³-hybridized carbons (Fsp3) is 0.618. The van der Waals surface area contributed by atoms with Crippen molar-refractivity contribution in [2.45, 2.75) is 118 Å². The number of rotatable bonds is 7. The maximum atomic E-state index is 15.2. The van der Waals surface area contributed by atoms with Crippen LogP contribution in [0.3, 0.4) is 0 Å². The minimum absolute atomic E-state index is 0.0545. The zero-order valence-electron chi connectivity index (χ0n) is 26.0. The first-order valence-electron chi connectivity index (χ1n) is 15.0. The maximum absolute atomic E-state index is 15.2. The summed E-state index contributed by atoms with van der Waals surface area (Å²) in [6.45, 7) is 18.5. The lowest BCUT2D eigenvalue weighted by atomic mass is 9.80. The van der Waals surface area contributed by atoms with Gasteiger partial charge in [0, 0.05) is 24.7 Å². The molecule has 2 aromatic carbocycles. The lowest BCUT2D eigenvalue weighted by molar-refractivity contribution is -0.136. The number of benzene rings is 2. The topological polar surface area (TPSA) is 70.0 Å². The van der Waals surface area contributed by atoms with E-state index in [0.717, 1.165) is 84.1 Å². The van der Waals surface area contributed by atoms with Gasteiger partial charge in [0.05, 0.1) is 18.6 Å². The van der Waals surface area contributed by atoms with E-state index in [2.05, 4.69) is 32.6 Å². The molecule has 1 unspecified atom stereocenters. The fourth-order valence-electron chi connectivity index (χ4n) is 6.50. The summed E-state index contributed by atoms with van der Waals surface area (Å²) in [5.41, 5.74) is 8.84. The van der Waals surface area contributed by atoms with E-state index in [0.29, 0.717) is 18.4 Å². The molecule has 6 heteroatoms. The molecule has 0 aromatic heterocycles. The first-order valence-corrected chi connectivity index (χ1v) is 15.0. The summed E-state index contributed by atoms with van der Waals surface area (Å²) < 4.78 is 20.9. The van der Waals surface area contributed by atoms with Gasteiger partial charge >= 0.3 is 5.97 Å². The van der Waals surface area contributed by atoms with E-state index in [1.165, 1.54) is 24.0 Å². The van der Waals surface area contributed by atoms with E-state index < -0.39 is 11.6 Å². The Morgan fingerprint density at radius 1 is 1.02 bits per heavy atom. The van der Waals surface area contributed by atoms with Gasteiger partial charge in [-0.05, 0) is 131 Å². The highest BCUT2D eigenvalue weighted by molar-refractivity contribution is 5.83. The number of hydrogen-bond acceptors (Lipinski definition) is 4. The Balaban J connectivity index is 0.000000810. The van der Waals surface area contributed by atoms with Crippen LogP contribution in [0.1, 0.15) is 99.2 Å². The number of carboxylic acid groups (broad SMARTS) is 1. The average Bonchev–Trinajstić information content (AvgIpc) is 3.11. The molecule has 5 nitrogen and oxygen atoms in total. The van der Waals surface area contributed by atoms with Crippen molar-refractivity contribution >= 4 is 5.97 Å².